The largest absolute Gasteiger partial charge is 0.508 e. The minimum atomic E-state index is -1.41. The summed E-state index contributed by atoms with van der Waals surface area (Å²) in [6.45, 7) is 9.99. The number of aliphatic hydroxyl groups excluding tert-OH is 2. The molecule has 2 aromatic carbocycles. The zero-order chi connectivity index (χ0) is 38.3. The van der Waals surface area contributed by atoms with Crippen LogP contribution in [0.5, 0.6) is 11.5 Å². The quantitative estimate of drug-likeness (QED) is 0.0548. The van der Waals surface area contributed by atoms with E-state index >= 15 is 0 Å². The molecule has 0 bridgehead atoms. The first-order valence-electron chi connectivity index (χ1n) is 18.5. The van der Waals surface area contributed by atoms with Crippen LogP contribution in [0.25, 0.3) is 6.08 Å². The van der Waals surface area contributed by atoms with Gasteiger partial charge in [0, 0.05) is 56.4 Å². The van der Waals surface area contributed by atoms with Crippen LogP contribution in [0.1, 0.15) is 82.8 Å². The highest BCUT2D eigenvalue weighted by Gasteiger charge is 2.65. The normalized spacial score (nSPS) is 25.6. The summed E-state index contributed by atoms with van der Waals surface area (Å²) in [5.41, 5.74) is 2.39. The van der Waals surface area contributed by atoms with Crippen molar-refractivity contribution in [2.24, 2.45) is 22.9 Å². The van der Waals surface area contributed by atoms with E-state index in [1.165, 1.54) is 18.2 Å². The molecule has 2 aromatic rings. The molecule has 1 heterocycles. The van der Waals surface area contributed by atoms with E-state index in [1.807, 2.05) is 20.8 Å². The van der Waals surface area contributed by atoms with Gasteiger partial charge in [-0.2, -0.15) is 0 Å². The van der Waals surface area contributed by atoms with Crippen molar-refractivity contribution >= 4 is 23.4 Å². The molecule has 6 unspecified atom stereocenters. The van der Waals surface area contributed by atoms with Crippen LogP contribution in [-0.4, -0.2) is 81.1 Å². The number of nitro groups is 1. The molecule has 12 nitrogen and oxygen atoms in total. The fourth-order valence-electron chi connectivity index (χ4n) is 8.07. The molecule has 0 aromatic heterocycles. The maximum absolute atomic E-state index is 14.1. The van der Waals surface area contributed by atoms with Gasteiger partial charge in [-0.1, -0.05) is 30.1 Å². The number of benzene rings is 2. The van der Waals surface area contributed by atoms with Crippen molar-refractivity contribution in [2.45, 2.75) is 89.1 Å². The molecule has 0 saturated heterocycles. The third-order valence-electron chi connectivity index (χ3n) is 10.4. The zero-order valence-electron chi connectivity index (χ0n) is 31.1. The molecular weight excluding hydrogens is 678 g/mol. The number of amides is 1. The Balaban J connectivity index is 1.69. The predicted octanol–water partition coefficient (Wildman–Crippen LogP) is 6.90. The molecule has 1 amide bonds. The van der Waals surface area contributed by atoms with E-state index in [2.05, 4.69) is 12.7 Å². The van der Waals surface area contributed by atoms with Crippen LogP contribution in [0, 0.1) is 27.9 Å². The molecule has 53 heavy (non-hydrogen) atoms. The van der Waals surface area contributed by atoms with Gasteiger partial charge in [0.05, 0.1) is 23.2 Å². The number of carbonyl (C=O) groups excluding carboxylic acids is 1. The lowest BCUT2D eigenvalue weighted by molar-refractivity contribution is -0.384. The summed E-state index contributed by atoms with van der Waals surface area (Å²) in [7, 11) is 1.70. The number of carbonyl (C=O) groups is 1. The third kappa shape index (κ3) is 8.83. The Morgan fingerprint density at radius 1 is 1.11 bits per heavy atom. The Hall–Kier alpha value is -4.52. The molecule has 6 atom stereocenters. The fourth-order valence-corrected chi connectivity index (χ4v) is 8.07. The lowest BCUT2D eigenvalue weighted by Crippen LogP contribution is -2.69. The van der Waals surface area contributed by atoms with Gasteiger partial charge in [0.1, 0.15) is 23.1 Å². The SMILES string of the molecule is C=CCOC12Oc3ccc(O)cc3C3C(CCCCO)C(CCCCO)C=C(C(=NOC(C)(C)C)CC1N(C)C(=O)C=Cc1ccc([N+](=O)[O-])cc1)C32. The number of unbranched alkanes of at least 4 members (excludes halogenated alkanes) is 2. The van der Waals surface area contributed by atoms with Crippen molar-refractivity contribution in [3.8, 4) is 11.5 Å². The molecule has 3 N–H and O–H groups in total. The Bertz CT molecular complexity index is 1710. The van der Waals surface area contributed by atoms with Crippen LogP contribution in [0.15, 0.2) is 78.0 Å². The number of rotatable bonds is 16. The second kappa shape index (κ2) is 17.1. The molecule has 0 radical (unpaired) electrons. The summed E-state index contributed by atoms with van der Waals surface area (Å²) in [6, 6.07) is 10.3. The average molecular weight is 732 g/mol. The summed E-state index contributed by atoms with van der Waals surface area (Å²) in [4.78, 5) is 32.5. The number of likely N-dealkylation sites (N-methyl/N-ethyl adjacent to an activating group) is 1. The maximum atomic E-state index is 14.1. The van der Waals surface area contributed by atoms with Crippen LogP contribution < -0.4 is 4.74 Å². The molecule has 286 valence electrons. The molecule has 0 spiro atoms. The van der Waals surface area contributed by atoms with Crippen LogP contribution in [0.3, 0.4) is 0 Å². The first kappa shape index (κ1) is 39.7. The van der Waals surface area contributed by atoms with Gasteiger partial charge in [0.15, 0.2) is 0 Å². The Kier molecular flexibility index (Phi) is 12.8. The van der Waals surface area contributed by atoms with Crippen LogP contribution in [-0.2, 0) is 14.4 Å². The van der Waals surface area contributed by atoms with Gasteiger partial charge >= 0.3 is 0 Å². The number of aliphatic hydroxyl groups is 2. The van der Waals surface area contributed by atoms with Crippen LogP contribution >= 0.6 is 0 Å². The number of hydrogen-bond acceptors (Lipinski definition) is 10. The molecule has 5 rings (SSSR count). The number of aromatic hydroxyl groups is 1. The molecule has 1 aliphatic heterocycles. The van der Waals surface area contributed by atoms with Gasteiger partial charge < -0.3 is 34.5 Å². The number of phenols is 1. The standard InChI is InChI=1S/C41H53N3O9/c1-6-23-51-41-36(43(5)37(48)20-15-27-13-16-29(17-14-27)44(49)50)26-34(42-53-40(2,3)4)32-24-28(11-7-9-21-45)31(12-8-10-22-46)38(39(32)41)33-25-30(47)18-19-35(33)52-41/h6,13-20,24-25,28,31,36,38-39,45-47H,1,7-12,21-23,26H2,2-5H3. The van der Waals surface area contributed by atoms with Gasteiger partial charge in [-0.15, -0.1) is 6.58 Å². The number of nitrogens with zero attached hydrogens (tertiary/aromatic N) is 3. The summed E-state index contributed by atoms with van der Waals surface area (Å²) < 4.78 is 13.9. The van der Waals surface area contributed by atoms with Gasteiger partial charge in [-0.05, 0) is 106 Å². The van der Waals surface area contributed by atoms with Gasteiger partial charge in [-0.25, -0.2) is 0 Å². The van der Waals surface area contributed by atoms with Crippen LogP contribution in [0.4, 0.5) is 5.69 Å². The third-order valence-corrected chi connectivity index (χ3v) is 10.4. The molecule has 3 aliphatic rings. The predicted molar refractivity (Wildman–Crippen MR) is 202 cm³/mol. The first-order chi connectivity index (χ1) is 25.3. The summed E-state index contributed by atoms with van der Waals surface area (Å²) >= 11 is 0. The number of fused-ring (bicyclic) bond motifs is 2. The molecule has 2 aliphatic carbocycles. The van der Waals surface area contributed by atoms with Crippen molar-refractivity contribution in [3.63, 3.8) is 0 Å². The maximum Gasteiger partial charge on any atom is 0.269 e. The molecule has 1 saturated carbocycles. The average Bonchev–Trinajstić information content (AvgIpc) is 3.13. The second-order valence-electron chi connectivity index (χ2n) is 15.1. The minimum absolute atomic E-state index is 0.0386. The van der Waals surface area contributed by atoms with E-state index in [0.29, 0.717) is 29.9 Å². The van der Waals surface area contributed by atoms with E-state index in [9.17, 15) is 30.2 Å². The van der Waals surface area contributed by atoms with Gasteiger partial charge in [-0.3, -0.25) is 14.9 Å². The summed E-state index contributed by atoms with van der Waals surface area (Å²) in [6.07, 6.45) is 11.7. The minimum Gasteiger partial charge on any atom is -0.508 e. The Labute approximate surface area is 311 Å². The topological polar surface area (TPSA) is 164 Å². The lowest BCUT2D eigenvalue weighted by Gasteiger charge is -2.59. The highest BCUT2D eigenvalue weighted by atomic mass is 16.7. The van der Waals surface area contributed by atoms with Crippen LogP contribution in [0.2, 0.25) is 0 Å². The highest BCUT2D eigenvalue weighted by molar-refractivity contribution is 6.03. The smallest absolute Gasteiger partial charge is 0.269 e. The Morgan fingerprint density at radius 3 is 2.45 bits per heavy atom. The summed E-state index contributed by atoms with van der Waals surface area (Å²) in [5, 5.41) is 46.2. The van der Waals surface area contributed by atoms with E-state index in [4.69, 9.17) is 19.5 Å². The number of allylic oxidation sites excluding steroid dienone is 1. The van der Waals surface area contributed by atoms with E-state index < -0.39 is 28.3 Å². The number of nitro benzene ring substituents is 1. The zero-order valence-corrected chi connectivity index (χ0v) is 31.1. The van der Waals surface area contributed by atoms with Gasteiger partial charge in [0.25, 0.3) is 5.69 Å². The monoisotopic (exact) mass is 731 g/mol. The van der Waals surface area contributed by atoms with Crippen molar-refractivity contribution in [1.82, 2.24) is 4.90 Å². The number of non-ortho nitro benzene ring substituents is 1. The Morgan fingerprint density at radius 2 is 1.81 bits per heavy atom. The van der Waals surface area contributed by atoms with Gasteiger partial charge in [0.2, 0.25) is 11.7 Å². The summed E-state index contributed by atoms with van der Waals surface area (Å²) in [5.74, 6) is -1.71. The van der Waals surface area contributed by atoms with Crippen molar-refractivity contribution in [2.75, 3.05) is 26.9 Å². The molecular formula is C41H53N3O9. The van der Waals surface area contributed by atoms with E-state index in [-0.39, 0.29) is 61.3 Å². The second-order valence-corrected chi connectivity index (χ2v) is 15.1. The van der Waals surface area contributed by atoms with E-state index in [1.54, 1.807) is 54.4 Å². The molecule has 12 heteroatoms. The number of ether oxygens (including phenoxy) is 2. The fraction of sp³-hybridized carbons (Fsp3) is 0.512. The number of phenolic OH excluding ortho intramolecular Hbond substituents is 1. The van der Waals surface area contributed by atoms with E-state index in [0.717, 1.165) is 36.8 Å². The first-order valence-corrected chi connectivity index (χ1v) is 18.5. The number of hydrogen-bond donors (Lipinski definition) is 3. The molecule has 1 fully saturated rings. The lowest BCUT2D eigenvalue weighted by atomic mass is 9.55. The van der Waals surface area contributed by atoms with Crippen molar-refractivity contribution in [1.29, 1.82) is 0 Å². The highest BCUT2D eigenvalue weighted by Crippen LogP contribution is 2.61. The van der Waals surface area contributed by atoms with Crippen molar-refractivity contribution in [3.05, 3.63) is 94.1 Å². The van der Waals surface area contributed by atoms with Crippen molar-refractivity contribution < 1.29 is 39.3 Å². The number of oxime groups is 1.